The molecule has 0 bridgehead atoms. The van der Waals surface area contributed by atoms with Crippen LogP contribution in [0.1, 0.15) is 83.5 Å². The van der Waals surface area contributed by atoms with Crippen molar-refractivity contribution >= 4 is 53.2 Å². The van der Waals surface area contributed by atoms with Crippen LogP contribution >= 0.6 is 11.8 Å². The summed E-state index contributed by atoms with van der Waals surface area (Å²) in [4.78, 5) is 90.2. The third kappa shape index (κ3) is 32.7. The summed E-state index contributed by atoms with van der Waals surface area (Å²) in [5, 5.41) is 210. The van der Waals surface area contributed by atoms with E-state index in [1.165, 1.54) is 26.8 Å². The molecule has 718 valence electrons. The van der Waals surface area contributed by atoms with Crippen molar-refractivity contribution in [2.75, 3.05) is 118 Å². The van der Waals surface area contributed by atoms with Gasteiger partial charge in [0.25, 0.3) is 17.7 Å². The van der Waals surface area contributed by atoms with E-state index in [0.29, 0.717) is 17.5 Å². The van der Waals surface area contributed by atoms with Gasteiger partial charge in [0.2, 0.25) is 17.7 Å². The second kappa shape index (κ2) is 54.2. The number of rotatable bonds is 57. The number of fused-ring (bicyclic) bond motifs is 1. The van der Waals surface area contributed by atoms with Crippen LogP contribution in [0.4, 0.5) is 4.79 Å². The molecule has 5 heterocycles. The highest BCUT2D eigenvalue weighted by Gasteiger charge is 2.52. The first-order valence-corrected chi connectivity index (χ1v) is 42.5. The number of carbonyl (C=O) groups is 7. The van der Waals surface area contributed by atoms with Gasteiger partial charge in [0.1, 0.15) is 121 Å². The number of aliphatic hydroxyl groups is 18. The van der Waals surface area contributed by atoms with E-state index in [4.69, 9.17) is 66.3 Å². The van der Waals surface area contributed by atoms with Gasteiger partial charge in [-0.25, -0.2) is 4.79 Å². The lowest BCUT2D eigenvalue weighted by molar-refractivity contribution is -0.335. The number of hydrogen-bond acceptors (Lipinski definition) is 40. The molecule has 7 rings (SSSR count). The van der Waals surface area contributed by atoms with Crippen molar-refractivity contribution in [3.8, 4) is 22.6 Å². The summed E-state index contributed by atoms with van der Waals surface area (Å²) in [7, 11) is 0. The van der Waals surface area contributed by atoms with Crippen LogP contribution in [0.5, 0.6) is 11.5 Å². The Morgan fingerprint density at radius 2 is 0.992 bits per heavy atom. The van der Waals surface area contributed by atoms with Gasteiger partial charge in [-0.05, 0) is 87.9 Å². The van der Waals surface area contributed by atoms with E-state index in [-0.39, 0.29) is 105 Å². The molecule has 5 fully saturated rings. The summed E-state index contributed by atoms with van der Waals surface area (Å²) < 4.78 is 80.5. The Kier molecular flexibility index (Phi) is 45.7. The number of ether oxygens (including phenoxy) is 14. The molecule has 0 spiro atoms. The lowest BCUT2D eigenvalue weighted by Gasteiger charge is -2.45. The first-order chi connectivity index (χ1) is 60.1. The zero-order valence-electron chi connectivity index (χ0n) is 70.4. The van der Waals surface area contributed by atoms with Crippen molar-refractivity contribution in [2.45, 2.75) is 256 Å². The molecule has 48 heteroatoms. The number of amides is 8. The van der Waals surface area contributed by atoms with Gasteiger partial charge in [0.05, 0.1) is 103 Å². The van der Waals surface area contributed by atoms with Gasteiger partial charge in [-0.1, -0.05) is 18.6 Å². The maximum atomic E-state index is 13.9. The third-order valence-electron chi connectivity index (χ3n) is 20.7. The maximum absolute atomic E-state index is 13.9. The van der Waals surface area contributed by atoms with Gasteiger partial charge in [0.15, 0.2) is 51.0 Å². The van der Waals surface area contributed by atoms with Crippen molar-refractivity contribution in [1.82, 2.24) is 42.5 Å². The van der Waals surface area contributed by atoms with Gasteiger partial charge in [0, 0.05) is 63.0 Å². The standard InChI is InChI=1S/C78H126N8O39S/c1-37(94)51(26-88)118-72(48(99)25-87)116-32-49(100)73(119-52(27-89)38(2)95)124-69-55(30-92)122-75(62(65(69)106)83-40(4)97)112-20-8-16-79-59(103)34-114-45-14-12-42(13-15-45)43-22-44(71(110)82-19-18-81-58(102)11-7-6-10-57-61-47(36-126-57)85-78(111)86-61)24-46(23-43)115-35-60(104)80-17-9-21-113-76-63(84-41(5)98)66(107)70(56(31-93)123-76)125-74(120-53(28-90)39(3)96)50(101)33-117-77-68(109)67(108)64(105)54(29-91)121-77/h12-15,22-24,37-39,47-57,61-70,72-77,87-96,99-101,105-109H,6-11,16-21,25-36H2,1-5H3,(H,79,103)(H,80,104)(H,81,102)(H,82,110)(H,83,97)(H,84,98)(H2,85,86,111)/t37-,38-,39-,47+,48+,49+,50+,51?,52?,53?,54?,55?,56?,57+,61+,62?,63?,64?,65?,66?,67?,68?,69?,70?,72?,73?,74?,75?,76?,77?/m1/s1. The number of hydrogen-bond donors (Lipinski definition) is 26. The molecule has 0 aliphatic carbocycles. The summed E-state index contributed by atoms with van der Waals surface area (Å²) >= 11 is 1.78. The second-order valence-corrected chi connectivity index (χ2v) is 32.0. The Morgan fingerprint density at radius 3 is 1.49 bits per heavy atom. The average Bonchev–Trinajstić information content (AvgIpc) is 0.851. The normalized spacial score (nSPS) is 28.3. The van der Waals surface area contributed by atoms with Crippen LogP contribution in [0, 0.1) is 0 Å². The first-order valence-electron chi connectivity index (χ1n) is 41.4. The smallest absolute Gasteiger partial charge is 0.315 e. The molecule has 5 aliphatic rings. The van der Waals surface area contributed by atoms with Crippen molar-refractivity contribution < 1.29 is 192 Å². The van der Waals surface area contributed by atoms with Crippen LogP contribution in [0.25, 0.3) is 11.1 Å². The molecule has 126 heavy (non-hydrogen) atoms. The molecule has 0 aromatic heterocycles. The minimum atomic E-state index is -1.96. The van der Waals surface area contributed by atoms with E-state index in [0.717, 1.165) is 32.4 Å². The second-order valence-electron chi connectivity index (χ2n) is 30.7. The van der Waals surface area contributed by atoms with Gasteiger partial charge in [-0.2, -0.15) is 11.8 Å². The summed E-state index contributed by atoms with van der Waals surface area (Å²) in [5.74, 6) is -2.26. The third-order valence-corrected chi connectivity index (χ3v) is 22.2. The van der Waals surface area contributed by atoms with E-state index < -0.39 is 268 Å². The lowest BCUT2D eigenvalue weighted by atomic mass is 9.96. The molecule has 5 aliphatic heterocycles. The average molecular weight is 1830 g/mol. The highest BCUT2D eigenvalue weighted by molar-refractivity contribution is 8.00. The minimum absolute atomic E-state index is 0.00660. The molecule has 0 saturated carbocycles. The quantitative estimate of drug-likeness (QED) is 0.0166. The predicted molar refractivity (Wildman–Crippen MR) is 431 cm³/mol. The zero-order valence-corrected chi connectivity index (χ0v) is 71.2. The predicted octanol–water partition coefficient (Wildman–Crippen LogP) is -10.2. The Balaban J connectivity index is 0.930. The summed E-state index contributed by atoms with van der Waals surface area (Å²) in [6.45, 7) is -3.05. The van der Waals surface area contributed by atoms with Gasteiger partial charge in [-0.15, -0.1) is 0 Å². The molecule has 30 atom stereocenters. The van der Waals surface area contributed by atoms with Crippen molar-refractivity contribution in [3.63, 3.8) is 0 Å². The molecule has 5 saturated heterocycles. The number of carbonyl (C=O) groups excluding carboxylic acids is 7. The Hall–Kier alpha value is -6.72. The first kappa shape index (κ1) is 106. The highest BCUT2D eigenvalue weighted by Crippen LogP contribution is 2.35. The zero-order chi connectivity index (χ0) is 92.4. The van der Waals surface area contributed by atoms with Gasteiger partial charge in [-0.3, -0.25) is 28.8 Å². The SMILES string of the molecule is CC(=O)NC1C(OCCCNC(=O)COc2cc(C(=O)NCCNC(=O)CCCC[C@@H]3SC[C@@H]4NC(=O)N[C@@H]43)cc(-c3ccc(OCC(=O)NCCCOC4OC(CO)C(OC(OC(CO)[C@@H](C)O)[C@@H](O)COC(OC(CO)[C@@H](C)O)[C@@H](O)CO)C(O)C4NC(C)=O)cc3)c2)OC(CO)C(OC(OC(CO)[C@@H](C)O)[C@@H](O)COC2OC(CO)C(O)C(O)C2O)C1O. The Morgan fingerprint density at radius 1 is 0.500 bits per heavy atom. The molecule has 0 radical (unpaired) electrons. The van der Waals surface area contributed by atoms with E-state index in [2.05, 4.69) is 42.5 Å². The maximum Gasteiger partial charge on any atom is 0.315 e. The van der Waals surface area contributed by atoms with E-state index in [1.807, 2.05) is 0 Å². The van der Waals surface area contributed by atoms with Crippen molar-refractivity contribution in [2.24, 2.45) is 0 Å². The molecular weight excluding hydrogens is 1700 g/mol. The lowest BCUT2D eigenvalue weighted by Crippen LogP contribution is -2.66. The van der Waals surface area contributed by atoms with Crippen LogP contribution in [0.3, 0.4) is 0 Å². The molecule has 47 nitrogen and oxygen atoms in total. The van der Waals surface area contributed by atoms with E-state index >= 15 is 0 Å². The number of benzene rings is 2. The number of urea groups is 1. The largest absolute Gasteiger partial charge is 0.484 e. The monoisotopic (exact) mass is 1830 g/mol. The van der Waals surface area contributed by atoms with Crippen LogP contribution in [0.2, 0.25) is 0 Å². The summed E-state index contributed by atoms with van der Waals surface area (Å²) in [5.41, 5.74) is 1.02. The Labute approximate surface area is 729 Å². The summed E-state index contributed by atoms with van der Waals surface area (Å²) in [6, 6.07) is 7.90. The number of thioether (sulfide) groups is 1. The van der Waals surface area contributed by atoms with Crippen LogP contribution in [-0.2, 0) is 80.8 Å². The van der Waals surface area contributed by atoms with E-state index in [9.17, 15) is 125 Å². The van der Waals surface area contributed by atoms with Crippen LogP contribution < -0.4 is 52.0 Å². The van der Waals surface area contributed by atoms with Crippen LogP contribution in [-0.4, -0.2) is 434 Å². The molecule has 2 aromatic rings. The molecule has 2 aromatic carbocycles. The fourth-order valence-electron chi connectivity index (χ4n) is 13.8. The number of unbranched alkanes of at least 4 members (excludes halogenated alkanes) is 1. The Bertz CT molecular complexity index is 3600. The fraction of sp³-hybridized carbons (Fsp3) is 0.756. The number of aliphatic hydroxyl groups excluding tert-OH is 18. The molecular formula is C78H126N8O39S. The summed E-state index contributed by atoms with van der Waals surface area (Å²) in [6.07, 6.45) is -38.6. The van der Waals surface area contributed by atoms with Crippen molar-refractivity contribution in [3.05, 3.63) is 48.0 Å². The minimum Gasteiger partial charge on any atom is -0.484 e. The van der Waals surface area contributed by atoms with Crippen LogP contribution in [0.15, 0.2) is 42.5 Å². The molecule has 26 N–H and O–H groups in total. The van der Waals surface area contributed by atoms with Gasteiger partial charge >= 0.3 is 6.03 Å². The molecule has 8 amide bonds. The topological polar surface area (TPSA) is 709 Å². The van der Waals surface area contributed by atoms with Gasteiger partial charge < -0.3 is 201 Å². The molecule has 21 unspecified atom stereocenters. The number of nitrogens with one attached hydrogen (secondary N) is 8. The van der Waals surface area contributed by atoms with Crippen molar-refractivity contribution in [1.29, 1.82) is 0 Å². The van der Waals surface area contributed by atoms with E-state index in [1.54, 1.807) is 48.2 Å². The highest BCUT2D eigenvalue weighted by atomic mass is 32.2. The fourth-order valence-corrected chi connectivity index (χ4v) is 15.3.